The molecule has 4 heterocycles. The van der Waals surface area contributed by atoms with Gasteiger partial charge in [-0.25, -0.2) is 4.98 Å². The molecule has 120 valence electrons. The summed E-state index contributed by atoms with van der Waals surface area (Å²) in [6.45, 7) is 3.86. The van der Waals surface area contributed by atoms with Crippen molar-refractivity contribution in [2.75, 3.05) is 23.3 Å². The molecule has 1 aliphatic rings. The molecule has 3 aromatic rings. The van der Waals surface area contributed by atoms with Crippen molar-refractivity contribution in [1.29, 1.82) is 0 Å². The zero-order valence-electron chi connectivity index (χ0n) is 13.2. The molecule has 0 aromatic carbocycles. The maximum atomic E-state index is 5.21. The van der Waals surface area contributed by atoms with E-state index in [0.29, 0.717) is 11.8 Å². The van der Waals surface area contributed by atoms with Gasteiger partial charge in [0.2, 0.25) is 0 Å². The summed E-state index contributed by atoms with van der Waals surface area (Å²) in [6, 6.07) is 2.36. The van der Waals surface area contributed by atoms with E-state index in [0.717, 1.165) is 48.6 Å². The number of nitrogens with one attached hydrogen (secondary N) is 1. The number of nitrogens with zero attached hydrogens (tertiary/aromatic N) is 6. The molecule has 1 aliphatic heterocycles. The molecular weight excluding hydrogens is 294 g/mol. The van der Waals surface area contributed by atoms with Crippen molar-refractivity contribution >= 4 is 22.7 Å². The molecule has 23 heavy (non-hydrogen) atoms. The number of aromatic nitrogens is 5. The fourth-order valence-corrected chi connectivity index (χ4v) is 3.21. The monoisotopic (exact) mass is 313 g/mol. The first-order chi connectivity index (χ1) is 11.2. The van der Waals surface area contributed by atoms with Gasteiger partial charge in [0.15, 0.2) is 0 Å². The third kappa shape index (κ3) is 2.49. The third-order valence-electron chi connectivity index (χ3n) is 4.32. The van der Waals surface area contributed by atoms with Crippen molar-refractivity contribution in [2.24, 2.45) is 7.05 Å². The van der Waals surface area contributed by atoms with Gasteiger partial charge >= 0.3 is 0 Å². The minimum atomic E-state index is 0.311. The lowest BCUT2D eigenvalue weighted by atomic mass is 10.1. The summed E-state index contributed by atoms with van der Waals surface area (Å²) in [6.07, 6.45) is 5.57. The Hall–Kier alpha value is -2.64. The van der Waals surface area contributed by atoms with Gasteiger partial charge in [-0.3, -0.25) is 4.68 Å². The lowest BCUT2D eigenvalue weighted by Gasteiger charge is -2.34. The van der Waals surface area contributed by atoms with Gasteiger partial charge in [0.05, 0.1) is 11.9 Å². The normalized spacial score (nSPS) is 18.5. The molecule has 8 nitrogen and oxygen atoms in total. The predicted molar refractivity (Wildman–Crippen MR) is 86.4 cm³/mol. The summed E-state index contributed by atoms with van der Waals surface area (Å²) >= 11 is 0. The van der Waals surface area contributed by atoms with Crippen molar-refractivity contribution in [3.63, 3.8) is 0 Å². The maximum absolute atomic E-state index is 5.21. The Morgan fingerprint density at radius 3 is 3.09 bits per heavy atom. The number of hydrogen-bond acceptors (Lipinski definition) is 7. The number of piperidine rings is 1. The van der Waals surface area contributed by atoms with Crippen LogP contribution in [0.25, 0.3) is 11.1 Å². The van der Waals surface area contributed by atoms with Crippen LogP contribution in [0.1, 0.15) is 18.5 Å². The molecule has 0 aliphatic carbocycles. The molecule has 1 fully saturated rings. The van der Waals surface area contributed by atoms with Crippen LogP contribution >= 0.6 is 0 Å². The maximum Gasteiger partial charge on any atom is 0.263 e. The van der Waals surface area contributed by atoms with Crippen molar-refractivity contribution in [2.45, 2.75) is 25.8 Å². The van der Waals surface area contributed by atoms with E-state index in [2.05, 4.69) is 36.5 Å². The average molecular weight is 313 g/mol. The van der Waals surface area contributed by atoms with E-state index in [1.165, 1.54) is 6.33 Å². The number of hydrogen-bond donors (Lipinski definition) is 1. The predicted octanol–water partition coefficient (Wildman–Crippen LogP) is 1.74. The van der Waals surface area contributed by atoms with Crippen LogP contribution in [0.15, 0.2) is 23.1 Å². The second kappa shape index (κ2) is 5.53. The number of aryl methyl sites for hydroxylation is 2. The van der Waals surface area contributed by atoms with Gasteiger partial charge in [-0.15, -0.1) is 0 Å². The van der Waals surface area contributed by atoms with Crippen LogP contribution < -0.4 is 10.2 Å². The van der Waals surface area contributed by atoms with Crippen LogP contribution in [0.5, 0.6) is 0 Å². The van der Waals surface area contributed by atoms with E-state index in [1.54, 1.807) is 0 Å². The van der Waals surface area contributed by atoms with Crippen molar-refractivity contribution < 1.29 is 4.52 Å². The van der Waals surface area contributed by atoms with Gasteiger partial charge < -0.3 is 14.7 Å². The second-order valence-corrected chi connectivity index (χ2v) is 5.91. The van der Waals surface area contributed by atoms with Gasteiger partial charge in [0.25, 0.3) is 5.71 Å². The van der Waals surface area contributed by atoms with E-state index in [-0.39, 0.29) is 0 Å². The summed E-state index contributed by atoms with van der Waals surface area (Å²) in [5, 5.41) is 12.6. The third-order valence-corrected chi connectivity index (χ3v) is 4.32. The summed E-state index contributed by atoms with van der Waals surface area (Å²) in [7, 11) is 1.97. The lowest BCUT2D eigenvalue weighted by Crippen LogP contribution is -2.43. The fraction of sp³-hybridized carbons (Fsp3) is 0.467. The number of anilines is 2. The highest BCUT2D eigenvalue weighted by Gasteiger charge is 2.23. The standard InChI is InChI=1S/C15H19N7O/c1-10-13-14(16-9-17-15(13)23-20-10)19-11-4-3-7-22(8-11)12-5-6-18-21(12)2/h5-6,9,11H,3-4,7-8H2,1-2H3,(H,16,17,19)/t11-/m1/s1. The Balaban J connectivity index is 1.56. The molecule has 8 heteroatoms. The smallest absolute Gasteiger partial charge is 0.263 e. The second-order valence-electron chi connectivity index (χ2n) is 5.91. The zero-order chi connectivity index (χ0) is 15.8. The Labute approximate surface area is 133 Å². The highest BCUT2D eigenvalue weighted by Crippen LogP contribution is 2.25. The van der Waals surface area contributed by atoms with E-state index < -0.39 is 0 Å². The Kier molecular flexibility index (Phi) is 3.36. The molecule has 0 bridgehead atoms. The van der Waals surface area contributed by atoms with Gasteiger partial charge in [-0.1, -0.05) is 5.16 Å². The highest BCUT2D eigenvalue weighted by molar-refractivity contribution is 5.87. The van der Waals surface area contributed by atoms with Gasteiger partial charge in [-0.2, -0.15) is 10.1 Å². The summed E-state index contributed by atoms with van der Waals surface area (Å²) in [5.74, 6) is 1.94. The van der Waals surface area contributed by atoms with E-state index >= 15 is 0 Å². The van der Waals surface area contributed by atoms with Crippen LogP contribution in [-0.2, 0) is 7.05 Å². The van der Waals surface area contributed by atoms with Crippen molar-refractivity contribution in [3.8, 4) is 0 Å². The Morgan fingerprint density at radius 2 is 2.26 bits per heavy atom. The largest absolute Gasteiger partial charge is 0.365 e. The van der Waals surface area contributed by atoms with Gasteiger partial charge in [0.1, 0.15) is 23.3 Å². The molecule has 0 amide bonds. The minimum Gasteiger partial charge on any atom is -0.365 e. The van der Waals surface area contributed by atoms with Gasteiger partial charge in [0, 0.05) is 32.2 Å². The van der Waals surface area contributed by atoms with Crippen LogP contribution in [0.4, 0.5) is 11.6 Å². The SMILES string of the molecule is Cc1noc2ncnc(N[C@@H]3CCCN(c4ccnn4C)C3)c12. The van der Waals surface area contributed by atoms with E-state index in [9.17, 15) is 0 Å². The molecule has 1 saturated heterocycles. The molecule has 0 unspecified atom stereocenters. The minimum absolute atomic E-state index is 0.311. The molecule has 4 rings (SSSR count). The first kappa shape index (κ1) is 14.0. The van der Waals surface area contributed by atoms with Crippen LogP contribution in [0.2, 0.25) is 0 Å². The molecular formula is C15H19N7O. The summed E-state index contributed by atoms with van der Waals surface area (Å²) < 4.78 is 7.12. The van der Waals surface area contributed by atoms with Crippen LogP contribution in [-0.4, -0.2) is 44.0 Å². The van der Waals surface area contributed by atoms with Crippen molar-refractivity contribution in [3.05, 3.63) is 24.3 Å². The number of fused-ring (bicyclic) bond motifs is 1. The highest BCUT2D eigenvalue weighted by atomic mass is 16.5. The van der Waals surface area contributed by atoms with Crippen LogP contribution in [0.3, 0.4) is 0 Å². The first-order valence-electron chi connectivity index (χ1n) is 7.79. The quantitative estimate of drug-likeness (QED) is 0.788. The molecule has 0 radical (unpaired) electrons. The topological polar surface area (TPSA) is 84.9 Å². The summed E-state index contributed by atoms with van der Waals surface area (Å²) in [4.78, 5) is 10.9. The Bertz CT molecular complexity index is 824. The average Bonchev–Trinajstić information content (AvgIpc) is 3.15. The van der Waals surface area contributed by atoms with E-state index in [4.69, 9.17) is 4.52 Å². The zero-order valence-corrected chi connectivity index (χ0v) is 13.2. The first-order valence-corrected chi connectivity index (χ1v) is 7.79. The molecule has 3 aromatic heterocycles. The molecule has 0 saturated carbocycles. The van der Waals surface area contributed by atoms with Crippen molar-refractivity contribution in [1.82, 2.24) is 24.9 Å². The fourth-order valence-electron chi connectivity index (χ4n) is 3.21. The van der Waals surface area contributed by atoms with E-state index in [1.807, 2.05) is 24.9 Å². The van der Waals surface area contributed by atoms with Crippen LogP contribution in [0, 0.1) is 6.92 Å². The number of rotatable bonds is 3. The molecule has 0 spiro atoms. The summed E-state index contributed by atoms with van der Waals surface area (Å²) in [5.41, 5.74) is 1.33. The molecule has 1 N–H and O–H groups in total. The van der Waals surface area contributed by atoms with Gasteiger partial charge in [-0.05, 0) is 19.8 Å². The lowest BCUT2D eigenvalue weighted by molar-refractivity contribution is 0.442. The Morgan fingerprint density at radius 1 is 1.35 bits per heavy atom. The molecule has 1 atom stereocenters.